The van der Waals surface area contributed by atoms with Crippen LogP contribution in [0.25, 0.3) is 0 Å². The van der Waals surface area contributed by atoms with Crippen molar-refractivity contribution in [2.75, 3.05) is 11.9 Å². The predicted octanol–water partition coefficient (Wildman–Crippen LogP) is 7.10. The molecule has 1 aromatic heterocycles. The summed E-state index contributed by atoms with van der Waals surface area (Å²) < 4.78 is 10.9. The highest BCUT2D eigenvalue weighted by atomic mass is 32.1. The molecule has 228 valence electrons. The number of aromatic nitrogens is 1. The number of ether oxygens (including phenoxy) is 2. The van der Waals surface area contributed by atoms with Gasteiger partial charge < -0.3 is 19.6 Å². The van der Waals surface area contributed by atoms with Gasteiger partial charge in [-0.1, -0.05) is 96.2 Å². The van der Waals surface area contributed by atoms with Gasteiger partial charge in [0.2, 0.25) is 11.3 Å². The van der Waals surface area contributed by atoms with Crippen LogP contribution in [0.1, 0.15) is 69.3 Å². The number of nitrogens with one attached hydrogen (secondary N) is 1. The van der Waals surface area contributed by atoms with Crippen LogP contribution >= 0.6 is 11.3 Å². The van der Waals surface area contributed by atoms with E-state index in [1.165, 1.54) is 11.3 Å². The SMILES string of the molecule is CCOC(=O)/C(=N\OC1(C(=O)OC(C)(C)C)CCC1)c1csc(NC(c2ccccc2)(c2ccccc2)c2ccccc2)n1. The number of carbonyl (C=O) groups excluding carboxylic acids is 2. The fraction of sp³-hybridized carbons (Fsp3) is 0.314. The minimum Gasteiger partial charge on any atom is -0.461 e. The summed E-state index contributed by atoms with van der Waals surface area (Å²) >= 11 is 1.33. The van der Waals surface area contributed by atoms with Gasteiger partial charge in [0.25, 0.3) is 0 Å². The van der Waals surface area contributed by atoms with Crippen molar-refractivity contribution in [3.05, 3.63) is 119 Å². The molecule has 1 N–H and O–H groups in total. The lowest BCUT2D eigenvalue weighted by Crippen LogP contribution is -2.50. The largest absolute Gasteiger partial charge is 0.461 e. The van der Waals surface area contributed by atoms with Crippen molar-refractivity contribution in [1.82, 2.24) is 4.98 Å². The molecule has 8 nitrogen and oxygen atoms in total. The van der Waals surface area contributed by atoms with E-state index in [2.05, 4.69) is 46.9 Å². The standard InChI is InChI=1S/C35H37N3O5S/c1-5-41-30(39)29(38-43-34(22-15-23-34)31(40)42-33(2,3)4)28-24-44-32(36-28)37-35(25-16-9-6-10-17-25,26-18-11-7-12-19-26)27-20-13-8-14-21-27/h6-14,16-21,24H,5,15,22-23H2,1-4H3,(H,36,37)/b38-29-. The van der Waals surface area contributed by atoms with Crippen molar-refractivity contribution < 1.29 is 23.9 Å². The molecule has 3 aromatic carbocycles. The van der Waals surface area contributed by atoms with Gasteiger partial charge in [0.1, 0.15) is 16.8 Å². The molecule has 0 unspecified atom stereocenters. The fourth-order valence-electron chi connectivity index (χ4n) is 5.10. The fourth-order valence-corrected chi connectivity index (χ4v) is 5.85. The minimum absolute atomic E-state index is 0.115. The molecular weight excluding hydrogens is 574 g/mol. The van der Waals surface area contributed by atoms with Crippen molar-refractivity contribution in [3.8, 4) is 0 Å². The van der Waals surface area contributed by atoms with Gasteiger partial charge in [-0.25, -0.2) is 14.6 Å². The molecule has 1 aliphatic carbocycles. The Morgan fingerprint density at radius 3 is 1.84 bits per heavy atom. The molecule has 0 saturated heterocycles. The summed E-state index contributed by atoms with van der Waals surface area (Å²) in [4.78, 5) is 36.8. The molecule has 4 aromatic rings. The van der Waals surface area contributed by atoms with Gasteiger partial charge in [-0.3, -0.25) is 0 Å². The Kier molecular flexibility index (Phi) is 9.15. The Labute approximate surface area is 262 Å². The molecule has 9 heteroatoms. The Balaban J connectivity index is 1.54. The maximum atomic E-state index is 13.1. The van der Waals surface area contributed by atoms with E-state index in [0.717, 1.165) is 23.1 Å². The number of carbonyl (C=O) groups is 2. The zero-order valence-electron chi connectivity index (χ0n) is 25.4. The van der Waals surface area contributed by atoms with E-state index in [-0.39, 0.29) is 18.0 Å². The lowest BCUT2D eigenvalue weighted by Gasteiger charge is -2.38. The number of esters is 2. The molecule has 0 spiro atoms. The Bertz CT molecular complexity index is 1500. The van der Waals surface area contributed by atoms with Crippen LogP contribution in [-0.2, 0) is 29.4 Å². The highest BCUT2D eigenvalue weighted by Crippen LogP contribution is 2.41. The summed E-state index contributed by atoms with van der Waals surface area (Å²) in [5, 5.41) is 10.2. The van der Waals surface area contributed by atoms with E-state index >= 15 is 0 Å². The third kappa shape index (κ3) is 6.53. The van der Waals surface area contributed by atoms with E-state index < -0.39 is 28.7 Å². The van der Waals surface area contributed by atoms with Crippen LogP contribution in [0.2, 0.25) is 0 Å². The Morgan fingerprint density at radius 1 is 0.886 bits per heavy atom. The Hall–Kier alpha value is -4.50. The van der Waals surface area contributed by atoms with Gasteiger partial charge in [-0.15, -0.1) is 11.3 Å². The number of nitrogens with zero attached hydrogens (tertiary/aromatic N) is 2. The number of hydrogen-bond donors (Lipinski definition) is 1. The lowest BCUT2D eigenvalue weighted by atomic mass is 9.77. The molecule has 44 heavy (non-hydrogen) atoms. The maximum Gasteiger partial charge on any atom is 0.362 e. The molecule has 1 saturated carbocycles. The van der Waals surface area contributed by atoms with Crippen molar-refractivity contribution in [2.24, 2.45) is 5.16 Å². The van der Waals surface area contributed by atoms with E-state index in [1.54, 1.807) is 33.1 Å². The number of thiazole rings is 1. The molecule has 0 bridgehead atoms. The van der Waals surface area contributed by atoms with Gasteiger partial charge >= 0.3 is 11.9 Å². The van der Waals surface area contributed by atoms with Crippen LogP contribution in [0.15, 0.2) is 102 Å². The van der Waals surface area contributed by atoms with Gasteiger partial charge in [0.05, 0.1) is 6.61 Å². The van der Waals surface area contributed by atoms with Crippen molar-refractivity contribution >= 4 is 34.1 Å². The normalized spacial score (nSPS) is 14.7. The average molecular weight is 612 g/mol. The third-order valence-corrected chi connectivity index (χ3v) is 8.13. The van der Waals surface area contributed by atoms with Gasteiger partial charge in [0.15, 0.2) is 5.13 Å². The summed E-state index contributed by atoms with van der Waals surface area (Å²) in [5.41, 5.74) is 0.473. The van der Waals surface area contributed by atoms with E-state index in [4.69, 9.17) is 19.3 Å². The van der Waals surface area contributed by atoms with Crippen molar-refractivity contribution in [2.45, 2.75) is 63.7 Å². The summed E-state index contributed by atoms with van der Waals surface area (Å²) in [6.45, 7) is 7.26. The summed E-state index contributed by atoms with van der Waals surface area (Å²) in [5.74, 6) is -1.19. The number of rotatable bonds is 11. The predicted molar refractivity (Wildman–Crippen MR) is 172 cm³/mol. The summed E-state index contributed by atoms with van der Waals surface area (Å²) in [7, 11) is 0. The average Bonchev–Trinajstić information content (AvgIpc) is 3.45. The molecule has 0 radical (unpaired) electrons. The number of benzene rings is 3. The minimum atomic E-state index is -1.24. The van der Waals surface area contributed by atoms with Gasteiger partial charge in [-0.2, -0.15) is 0 Å². The smallest absolute Gasteiger partial charge is 0.362 e. The van der Waals surface area contributed by atoms with Crippen molar-refractivity contribution in [1.29, 1.82) is 0 Å². The molecule has 1 heterocycles. The molecule has 1 aliphatic rings. The second-order valence-electron chi connectivity index (χ2n) is 11.6. The quantitative estimate of drug-likeness (QED) is 0.0836. The van der Waals surface area contributed by atoms with Crippen LogP contribution in [0.5, 0.6) is 0 Å². The van der Waals surface area contributed by atoms with Crippen LogP contribution in [0.3, 0.4) is 0 Å². The first-order chi connectivity index (χ1) is 21.2. The summed E-state index contributed by atoms with van der Waals surface area (Å²) in [6.07, 6.45) is 1.67. The summed E-state index contributed by atoms with van der Waals surface area (Å²) in [6, 6.07) is 30.5. The molecule has 0 aliphatic heterocycles. The second kappa shape index (κ2) is 13.0. The Morgan fingerprint density at radius 2 is 1.41 bits per heavy atom. The lowest BCUT2D eigenvalue weighted by molar-refractivity contribution is -0.196. The molecule has 5 rings (SSSR count). The van der Waals surface area contributed by atoms with E-state index in [0.29, 0.717) is 18.0 Å². The first-order valence-corrected chi connectivity index (χ1v) is 15.6. The maximum absolute atomic E-state index is 13.1. The zero-order chi connectivity index (χ0) is 31.2. The first-order valence-electron chi connectivity index (χ1n) is 14.7. The second-order valence-corrected chi connectivity index (χ2v) is 12.5. The van der Waals surface area contributed by atoms with Gasteiger partial charge in [-0.05, 0) is 50.8 Å². The van der Waals surface area contributed by atoms with Crippen molar-refractivity contribution in [3.63, 3.8) is 0 Å². The monoisotopic (exact) mass is 611 g/mol. The molecule has 0 atom stereocenters. The number of oxime groups is 1. The zero-order valence-corrected chi connectivity index (χ0v) is 26.2. The van der Waals surface area contributed by atoms with Crippen LogP contribution in [0, 0.1) is 0 Å². The topological polar surface area (TPSA) is 99.1 Å². The third-order valence-electron chi connectivity index (χ3n) is 7.37. The number of anilines is 1. The van der Waals surface area contributed by atoms with Gasteiger partial charge in [0, 0.05) is 18.2 Å². The van der Waals surface area contributed by atoms with E-state index in [9.17, 15) is 9.59 Å². The molecule has 1 fully saturated rings. The van der Waals surface area contributed by atoms with Crippen LogP contribution < -0.4 is 5.32 Å². The van der Waals surface area contributed by atoms with Crippen LogP contribution in [0.4, 0.5) is 5.13 Å². The highest BCUT2D eigenvalue weighted by Gasteiger charge is 2.50. The molecular formula is C35H37N3O5S. The number of hydrogen-bond acceptors (Lipinski definition) is 9. The highest BCUT2D eigenvalue weighted by molar-refractivity contribution is 7.14. The van der Waals surface area contributed by atoms with Crippen LogP contribution in [-0.4, -0.2) is 40.4 Å². The first kappa shape index (κ1) is 30.9. The molecule has 0 amide bonds. The van der Waals surface area contributed by atoms with E-state index in [1.807, 2.05) is 54.6 Å².